The van der Waals surface area contributed by atoms with Crippen molar-refractivity contribution in [3.63, 3.8) is 0 Å². The minimum Gasteiger partial charge on any atom is -0.496 e. The van der Waals surface area contributed by atoms with Crippen molar-refractivity contribution < 1.29 is 9.53 Å². The fraction of sp³-hybridized carbons (Fsp3) is 0.143. The molecule has 0 aliphatic carbocycles. The molecule has 0 bridgehead atoms. The quantitative estimate of drug-likeness (QED) is 0.663. The van der Waals surface area contributed by atoms with E-state index in [2.05, 4.69) is 26.5 Å². The van der Waals surface area contributed by atoms with Gasteiger partial charge in [-0.15, -0.1) is 11.3 Å². The first-order valence-electron chi connectivity index (χ1n) is 5.87. The summed E-state index contributed by atoms with van der Waals surface area (Å²) < 4.78 is 5.98. The monoisotopic (exact) mass is 352 g/mol. The Kier molecular flexibility index (Phi) is 5.31. The average Bonchev–Trinajstić information content (AvgIpc) is 2.92. The molecule has 1 aromatic heterocycles. The molecule has 1 N–H and O–H groups in total. The number of carbonyl (C=O) groups excluding carboxylic acids is 1. The molecule has 2 aromatic rings. The molecule has 0 aliphatic rings. The van der Waals surface area contributed by atoms with E-state index in [9.17, 15) is 4.79 Å². The molecule has 0 aliphatic heterocycles. The summed E-state index contributed by atoms with van der Waals surface area (Å²) in [5, 5.41) is 5.88. The molecule has 104 valence electrons. The van der Waals surface area contributed by atoms with E-state index >= 15 is 0 Å². The molecule has 0 spiro atoms. The normalized spacial score (nSPS) is 10.7. The van der Waals surface area contributed by atoms with E-state index in [0.29, 0.717) is 6.42 Å². The number of carbonyl (C=O) groups is 1. The molecule has 1 heterocycles. The minimum atomic E-state index is -0.128. The maximum absolute atomic E-state index is 11.6. The summed E-state index contributed by atoms with van der Waals surface area (Å²) in [4.78, 5) is 12.6. The van der Waals surface area contributed by atoms with Gasteiger partial charge < -0.3 is 4.74 Å². The maximum Gasteiger partial charge on any atom is 0.245 e. The van der Waals surface area contributed by atoms with Crippen molar-refractivity contribution in [3.8, 4) is 5.75 Å². The molecule has 6 heteroatoms. The Morgan fingerprint density at radius 3 is 3.00 bits per heavy atom. The summed E-state index contributed by atoms with van der Waals surface area (Å²) in [6.45, 7) is 0. The Morgan fingerprint density at radius 1 is 1.50 bits per heavy atom. The van der Waals surface area contributed by atoms with E-state index < -0.39 is 0 Å². The summed E-state index contributed by atoms with van der Waals surface area (Å²) in [6, 6.07) is 9.41. The van der Waals surface area contributed by atoms with E-state index in [0.717, 1.165) is 20.7 Å². The number of thiophene rings is 1. The van der Waals surface area contributed by atoms with Gasteiger partial charge in [-0.3, -0.25) is 4.79 Å². The lowest BCUT2D eigenvalue weighted by atomic mass is 10.2. The highest BCUT2D eigenvalue weighted by Crippen LogP contribution is 2.24. The molecule has 20 heavy (non-hydrogen) atoms. The van der Waals surface area contributed by atoms with Gasteiger partial charge in [0.25, 0.3) is 0 Å². The van der Waals surface area contributed by atoms with Gasteiger partial charge in [0.15, 0.2) is 0 Å². The molecule has 0 fully saturated rings. The van der Waals surface area contributed by atoms with Crippen molar-refractivity contribution in [2.75, 3.05) is 7.11 Å². The molecule has 0 saturated heterocycles. The van der Waals surface area contributed by atoms with Crippen molar-refractivity contribution in [1.82, 2.24) is 5.43 Å². The van der Waals surface area contributed by atoms with Crippen LogP contribution < -0.4 is 10.2 Å². The van der Waals surface area contributed by atoms with Gasteiger partial charge >= 0.3 is 0 Å². The second-order valence-electron chi connectivity index (χ2n) is 3.94. The average molecular weight is 353 g/mol. The Labute approximate surface area is 129 Å². The van der Waals surface area contributed by atoms with E-state index in [-0.39, 0.29) is 5.91 Å². The lowest BCUT2D eigenvalue weighted by Crippen LogP contribution is -2.19. The van der Waals surface area contributed by atoms with Gasteiger partial charge in [-0.25, -0.2) is 5.43 Å². The minimum absolute atomic E-state index is 0.128. The molecule has 1 amide bonds. The molecular formula is C14H13BrN2O2S. The summed E-state index contributed by atoms with van der Waals surface area (Å²) in [7, 11) is 1.61. The topological polar surface area (TPSA) is 50.7 Å². The zero-order valence-electron chi connectivity index (χ0n) is 10.8. The Morgan fingerprint density at radius 2 is 2.35 bits per heavy atom. The van der Waals surface area contributed by atoms with Crippen LogP contribution in [0.3, 0.4) is 0 Å². The molecule has 4 nitrogen and oxygen atoms in total. The van der Waals surface area contributed by atoms with Gasteiger partial charge in [0.05, 0.1) is 24.2 Å². The SMILES string of the molecule is COc1ccc(C=NNC(=O)Cc2cccs2)cc1Br. The predicted octanol–water partition coefficient (Wildman–Crippen LogP) is 3.21. The van der Waals surface area contributed by atoms with Crippen molar-refractivity contribution in [2.24, 2.45) is 5.10 Å². The summed E-state index contributed by atoms with van der Waals surface area (Å²) in [5.41, 5.74) is 3.38. The van der Waals surface area contributed by atoms with Crippen LogP contribution in [0, 0.1) is 0 Å². The number of amides is 1. The van der Waals surface area contributed by atoms with Gasteiger partial charge in [-0.2, -0.15) is 5.10 Å². The van der Waals surface area contributed by atoms with Crippen LogP contribution in [0.2, 0.25) is 0 Å². The lowest BCUT2D eigenvalue weighted by Gasteiger charge is -2.03. The van der Waals surface area contributed by atoms with Crippen LogP contribution in [0.25, 0.3) is 0 Å². The third-order valence-corrected chi connectivity index (χ3v) is 3.99. The van der Waals surface area contributed by atoms with E-state index in [1.54, 1.807) is 24.7 Å². The van der Waals surface area contributed by atoms with E-state index in [4.69, 9.17) is 4.74 Å². The van der Waals surface area contributed by atoms with Crippen LogP contribution in [0.1, 0.15) is 10.4 Å². The zero-order valence-corrected chi connectivity index (χ0v) is 13.2. The second kappa shape index (κ2) is 7.21. The van der Waals surface area contributed by atoms with Gasteiger partial charge in [0.1, 0.15) is 5.75 Å². The van der Waals surface area contributed by atoms with Gasteiger partial charge in [-0.05, 0) is 51.1 Å². The number of hydrogen-bond donors (Lipinski definition) is 1. The number of nitrogens with zero attached hydrogens (tertiary/aromatic N) is 1. The largest absolute Gasteiger partial charge is 0.496 e. The first kappa shape index (κ1) is 14.7. The number of hydrogen-bond acceptors (Lipinski definition) is 4. The third kappa shape index (κ3) is 4.18. The Balaban J connectivity index is 1.89. The zero-order chi connectivity index (χ0) is 14.4. The van der Waals surface area contributed by atoms with Crippen LogP contribution in [0.5, 0.6) is 5.75 Å². The fourth-order valence-corrected chi connectivity index (χ4v) is 2.81. The highest BCUT2D eigenvalue weighted by Gasteiger charge is 2.03. The molecule has 0 atom stereocenters. The highest BCUT2D eigenvalue weighted by atomic mass is 79.9. The lowest BCUT2D eigenvalue weighted by molar-refractivity contribution is -0.120. The summed E-state index contributed by atoms with van der Waals surface area (Å²) >= 11 is 4.95. The van der Waals surface area contributed by atoms with Crippen LogP contribution in [-0.4, -0.2) is 19.2 Å². The second-order valence-corrected chi connectivity index (χ2v) is 5.83. The smallest absolute Gasteiger partial charge is 0.245 e. The number of nitrogens with one attached hydrogen (secondary N) is 1. The number of rotatable bonds is 5. The summed E-state index contributed by atoms with van der Waals surface area (Å²) in [5.74, 6) is 0.625. The molecular weight excluding hydrogens is 340 g/mol. The standard InChI is InChI=1S/C14H13BrN2O2S/c1-19-13-5-4-10(7-12(13)15)9-16-17-14(18)8-11-3-2-6-20-11/h2-7,9H,8H2,1H3,(H,17,18). The van der Waals surface area contributed by atoms with Crippen molar-refractivity contribution in [1.29, 1.82) is 0 Å². The van der Waals surface area contributed by atoms with Gasteiger partial charge in [-0.1, -0.05) is 6.07 Å². The fourth-order valence-electron chi connectivity index (χ4n) is 1.55. The molecule has 0 radical (unpaired) electrons. The third-order valence-electron chi connectivity index (χ3n) is 2.49. The van der Waals surface area contributed by atoms with Crippen LogP contribution in [0.15, 0.2) is 45.3 Å². The molecule has 0 unspecified atom stereocenters. The molecule has 1 aromatic carbocycles. The first-order valence-corrected chi connectivity index (χ1v) is 7.54. The number of halogens is 1. The van der Waals surface area contributed by atoms with Crippen molar-refractivity contribution in [2.45, 2.75) is 6.42 Å². The van der Waals surface area contributed by atoms with Crippen molar-refractivity contribution in [3.05, 3.63) is 50.6 Å². The van der Waals surface area contributed by atoms with E-state index in [1.165, 1.54) is 0 Å². The van der Waals surface area contributed by atoms with Gasteiger partial charge in [0.2, 0.25) is 5.91 Å². The number of methoxy groups -OCH3 is 1. The Hall–Kier alpha value is -1.66. The van der Waals surface area contributed by atoms with Crippen LogP contribution >= 0.6 is 27.3 Å². The molecule has 2 rings (SSSR count). The Bertz CT molecular complexity index is 612. The molecule has 0 saturated carbocycles. The highest BCUT2D eigenvalue weighted by molar-refractivity contribution is 9.10. The summed E-state index contributed by atoms with van der Waals surface area (Å²) in [6.07, 6.45) is 1.94. The maximum atomic E-state index is 11.6. The van der Waals surface area contributed by atoms with E-state index in [1.807, 2.05) is 35.7 Å². The number of hydrazone groups is 1. The van der Waals surface area contributed by atoms with Crippen molar-refractivity contribution >= 4 is 39.4 Å². The predicted molar refractivity (Wildman–Crippen MR) is 84.5 cm³/mol. The van der Waals surface area contributed by atoms with Crippen LogP contribution in [-0.2, 0) is 11.2 Å². The number of ether oxygens (including phenoxy) is 1. The number of benzene rings is 1. The van der Waals surface area contributed by atoms with Crippen LogP contribution in [0.4, 0.5) is 0 Å². The van der Waals surface area contributed by atoms with Gasteiger partial charge in [0, 0.05) is 4.88 Å². The first-order chi connectivity index (χ1) is 9.69.